The van der Waals surface area contributed by atoms with Gasteiger partial charge in [0.2, 0.25) is 0 Å². The number of carbonyl (C=O) groups excluding carboxylic acids is 1. The number of aryl methyl sites for hydroxylation is 1. The molecule has 1 heterocycles. The van der Waals surface area contributed by atoms with E-state index in [1.807, 2.05) is 24.5 Å². The second-order valence-corrected chi connectivity index (χ2v) is 4.37. The van der Waals surface area contributed by atoms with Crippen molar-refractivity contribution in [3.63, 3.8) is 0 Å². The molecule has 0 saturated carbocycles. The van der Waals surface area contributed by atoms with Crippen molar-refractivity contribution >= 4 is 5.91 Å². The fourth-order valence-electron chi connectivity index (χ4n) is 1.77. The van der Waals surface area contributed by atoms with Gasteiger partial charge in [-0.25, -0.2) is 4.39 Å². The van der Waals surface area contributed by atoms with E-state index in [1.165, 1.54) is 12.1 Å². The normalized spacial score (nSPS) is 10.2. The molecule has 20 heavy (non-hydrogen) atoms. The van der Waals surface area contributed by atoms with Crippen molar-refractivity contribution in [3.8, 4) is 5.75 Å². The molecular weight excluding hydrogens is 259 g/mol. The van der Waals surface area contributed by atoms with Crippen LogP contribution in [0, 0.1) is 5.82 Å². The SMILES string of the molecule is O=C(COc1cccc(F)c1)NCCCn1cccc1. The Balaban J connectivity index is 1.61. The second kappa shape index (κ2) is 7.33. The number of carbonyl (C=O) groups is 1. The van der Waals surface area contributed by atoms with Crippen molar-refractivity contribution in [1.29, 1.82) is 0 Å². The van der Waals surface area contributed by atoms with Crippen molar-refractivity contribution < 1.29 is 13.9 Å². The van der Waals surface area contributed by atoms with Crippen molar-refractivity contribution in [2.45, 2.75) is 13.0 Å². The molecule has 0 spiro atoms. The number of hydrogen-bond acceptors (Lipinski definition) is 2. The van der Waals surface area contributed by atoms with Gasteiger partial charge in [0.1, 0.15) is 11.6 Å². The minimum atomic E-state index is -0.380. The van der Waals surface area contributed by atoms with Gasteiger partial charge >= 0.3 is 0 Å². The molecule has 0 atom stereocenters. The third kappa shape index (κ3) is 4.76. The molecule has 106 valence electrons. The highest BCUT2D eigenvalue weighted by Gasteiger charge is 2.02. The van der Waals surface area contributed by atoms with Gasteiger partial charge in [0.15, 0.2) is 6.61 Å². The van der Waals surface area contributed by atoms with Crippen LogP contribution in [0.15, 0.2) is 48.8 Å². The van der Waals surface area contributed by atoms with E-state index in [0.29, 0.717) is 12.3 Å². The Bertz CT molecular complexity index is 541. The van der Waals surface area contributed by atoms with Gasteiger partial charge in [-0.3, -0.25) is 4.79 Å². The lowest BCUT2D eigenvalue weighted by atomic mass is 10.3. The number of aromatic nitrogens is 1. The van der Waals surface area contributed by atoms with Gasteiger partial charge in [-0.15, -0.1) is 0 Å². The Hall–Kier alpha value is -2.30. The lowest BCUT2D eigenvalue weighted by Crippen LogP contribution is -2.30. The summed E-state index contributed by atoms with van der Waals surface area (Å²) in [5.74, 6) is -0.233. The zero-order valence-electron chi connectivity index (χ0n) is 11.1. The first-order chi connectivity index (χ1) is 9.74. The summed E-state index contributed by atoms with van der Waals surface area (Å²) in [5, 5.41) is 2.76. The maximum Gasteiger partial charge on any atom is 0.257 e. The molecule has 0 saturated heterocycles. The van der Waals surface area contributed by atoms with Crippen LogP contribution in [0.1, 0.15) is 6.42 Å². The Morgan fingerprint density at radius 3 is 2.80 bits per heavy atom. The van der Waals surface area contributed by atoms with Gasteiger partial charge in [-0.1, -0.05) is 6.07 Å². The van der Waals surface area contributed by atoms with Crippen molar-refractivity contribution in [2.24, 2.45) is 0 Å². The van der Waals surface area contributed by atoms with Crippen LogP contribution in [-0.2, 0) is 11.3 Å². The quantitative estimate of drug-likeness (QED) is 0.788. The van der Waals surface area contributed by atoms with Crippen molar-refractivity contribution in [3.05, 3.63) is 54.6 Å². The van der Waals surface area contributed by atoms with Crippen LogP contribution in [0.3, 0.4) is 0 Å². The van der Waals surface area contributed by atoms with Gasteiger partial charge in [0, 0.05) is 31.5 Å². The highest BCUT2D eigenvalue weighted by Crippen LogP contribution is 2.11. The number of rotatable bonds is 7. The molecule has 0 aliphatic rings. The Morgan fingerprint density at radius 1 is 1.25 bits per heavy atom. The molecule has 0 radical (unpaired) electrons. The molecular formula is C15H17FN2O2. The van der Waals surface area contributed by atoms with Gasteiger partial charge in [-0.05, 0) is 30.7 Å². The molecule has 2 aromatic rings. The van der Waals surface area contributed by atoms with Crippen LogP contribution >= 0.6 is 0 Å². The summed E-state index contributed by atoms with van der Waals surface area (Å²) in [7, 11) is 0. The molecule has 1 aromatic heterocycles. The number of ether oxygens (including phenoxy) is 1. The number of hydrogen-bond donors (Lipinski definition) is 1. The monoisotopic (exact) mass is 276 g/mol. The molecule has 4 nitrogen and oxygen atoms in total. The minimum absolute atomic E-state index is 0.104. The van der Waals surface area contributed by atoms with E-state index >= 15 is 0 Å². The van der Waals surface area contributed by atoms with Crippen molar-refractivity contribution in [2.75, 3.05) is 13.2 Å². The van der Waals surface area contributed by atoms with E-state index in [-0.39, 0.29) is 18.3 Å². The summed E-state index contributed by atoms with van der Waals surface area (Å²) in [6.45, 7) is 1.34. The summed E-state index contributed by atoms with van der Waals surface area (Å²) < 4.78 is 20.1. The maximum atomic E-state index is 12.9. The van der Waals surface area contributed by atoms with Crippen LogP contribution < -0.4 is 10.1 Å². The first kappa shape index (κ1) is 14.1. The lowest BCUT2D eigenvalue weighted by Gasteiger charge is -2.08. The average Bonchev–Trinajstić information content (AvgIpc) is 2.95. The first-order valence-electron chi connectivity index (χ1n) is 6.50. The molecule has 1 N–H and O–H groups in total. The Morgan fingerprint density at radius 2 is 2.05 bits per heavy atom. The highest BCUT2D eigenvalue weighted by molar-refractivity contribution is 5.77. The first-order valence-corrected chi connectivity index (χ1v) is 6.50. The number of nitrogens with zero attached hydrogens (tertiary/aromatic N) is 1. The van der Waals surface area contributed by atoms with E-state index in [1.54, 1.807) is 12.1 Å². The molecule has 0 fully saturated rings. The fourth-order valence-corrected chi connectivity index (χ4v) is 1.77. The van der Waals surface area contributed by atoms with Gasteiger partial charge in [-0.2, -0.15) is 0 Å². The van der Waals surface area contributed by atoms with Gasteiger partial charge < -0.3 is 14.6 Å². The molecule has 0 aliphatic carbocycles. The van der Waals surface area contributed by atoms with Crippen LogP contribution in [0.5, 0.6) is 5.75 Å². The average molecular weight is 276 g/mol. The fraction of sp³-hybridized carbons (Fsp3) is 0.267. The zero-order chi connectivity index (χ0) is 14.2. The van der Waals surface area contributed by atoms with Gasteiger partial charge in [0.25, 0.3) is 5.91 Å². The summed E-state index contributed by atoms with van der Waals surface area (Å²) >= 11 is 0. The number of nitrogens with one attached hydrogen (secondary N) is 1. The van der Waals surface area contributed by atoms with E-state index in [4.69, 9.17) is 4.74 Å². The van der Waals surface area contributed by atoms with Crippen LogP contribution in [0.2, 0.25) is 0 Å². The maximum absolute atomic E-state index is 12.9. The third-order valence-corrected chi connectivity index (χ3v) is 2.75. The number of benzene rings is 1. The summed E-state index contributed by atoms with van der Waals surface area (Å²) in [4.78, 5) is 11.5. The standard InChI is InChI=1S/C15H17FN2O2/c16-13-5-3-6-14(11-13)20-12-15(19)17-7-4-10-18-8-1-2-9-18/h1-3,5-6,8-9,11H,4,7,10,12H2,(H,17,19). The van der Waals surface area contributed by atoms with Crippen LogP contribution in [0.4, 0.5) is 4.39 Å². The summed E-state index contributed by atoms with van der Waals surface area (Å²) in [6, 6.07) is 9.66. The molecule has 2 rings (SSSR count). The minimum Gasteiger partial charge on any atom is -0.484 e. The van der Waals surface area contributed by atoms with Gasteiger partial charge in [0.05, 0.1) is 0 Å². The summed E-state index contributed by atoms with van der Waals surface area (Å²) in [5.41, 5.74) is 0. The van der Waals surface area contributed by atoms with Crippen LogP contribution in [-0.4, -0.2) is 23.6 Å². The molecule has 0 aliphatic heterocycles. The predicted molar refractivity (Wildman–Crippen MR) is 74.0 cm³/mol. The smallest absolute Gasteiger partial charge is 0.257 e. The third-order valence-electron chi connectivity index (χ3n) is 2.75. The van der Waals surface area contributed by atoms with E-state index in [2.05, 4.69) is 9.88 Å². The Kier molecular flexibility index (Phi) is 5.17. The van der Waals surface area contributed by atoms with Crippen molar-refractivity contribution in [1.82, 2.24) is 9.88 Å². The largest absolute Gasteiger partial charge is 0.484 e. The highest BCUT2D eigenvalue weighted by atomic mass is 19.1. The topological polar surface area (TPSA) is 43.3 Å². The molecule has 1 aromatic carbocycles. The number of halogens is 1. The lowest BCUT2D eigenvalue weighted by molar-refractivity contribution is -0.123. The molecule has 0 unspecified atom stereocenters. The summed E-state index contributed by atoms with van der Waals surface area (Å²) in [6.07, 6.45) is 4.81. The van der Waals surface area contributed by atoms with E-state index < -0.39 is 0 Å². The second-order valence-electron chi connectivity index (χ2n) is 4.37. The van der Waals surface area contributed by atoms with E-state index in [0.717, 1.165) is 13.0 Å². The van der Waals surface area contributed by atoms with E-state index in [9.17, 15) is 9.18 Å². The molecule has 5 heteroatoms. The molecule has 1 amide bonds. The Labute approximate surface area is 117 Å². The zero-order valence-corrected chi connectivity index (χ0v) is 11.1. The predicted octanol–water partition coefficient (Wildman–Crippen LogP) is 2.21. The number of amides is 1. The van der Waals surface area contributed by atoms with Crippen LogP contribution in [0.25, 0.3) is 0 Å². The molecule has 0 bridgehead atoms.